The van der Waals surface area contributed by atoms with Crippen molar-refractivity contribution in [2.45, 2.75) is 19.9 Å². The van der Waals surface area contributed by atoms with E-state index in [2.05, 4.69) is 5.32 Å². The molecule has 0 bridgehead atoms. The third-order valence-corrected chi connectivity index (χ3v) is 2.54. The number of nitrogens with two attached hydrogens (primary N) is 1. The third-order valence-electron chi connectivity index (χ3n) is 2.23. The number of hydrogen-bond acceptors (Lipinski definition) is 4. The number of carbonyl (C=O) groups excluding carboxylic acids is 2. The molecule has 98 valence electrons. The van der Waals surface area contributed by atoms with E-state index in [-0.39, 0.29) is 17.2 Å². The molecule has 1 rings (SSSR count). The van der Waals surface area contributed by atoms with Crippen LogP contribution < -0.4 is 11.1 Å². The molecule has 1 aromatic carbocycles. The van der Waals surface area contributed by atoms with Crippen LogP contribution >= 0.6 is 11.6 Å². The van der Waals surface area contributed by atoms with Gasteiger partial charge < -0.3 is 15.8 Å². The Hall–Kier alpha value is -1.75. The minimum atomic E-state index is -0.730. The Morgan fingerprint density at radius 3 is 2.72 bits per heavy atom. The van der Waals surface area contributed by atoms with Crippen LogP contribution in [0.4, 0.5) is 5.69 Å². The molecule has 0 spiro atoms. The maximum Gasteiger partial charge on any atom is 0.328 e. The van der Waals surface area contributed by atoms with Crippen LogP contribution in [0, 0.1) is 0 Å². The number of hydrogen-bond donors (Lipinski definition) is 2. The van der Waals surface area contributed by atoms with Gasteiger partial charge in [-0.1, -0.05) is 11.6 Å². The summed E-state index contributed by atoms with van der Waals surface area (Å²) in [5.41, 5.74) is 6.26. The van der Waals surface area contributed by atoms with Crippen LogP contribution in [-0.4, -0.2) is 24.5 Å². The van der Waals surface area contributed by atoms with E-state index in [9.17, 15) is 9.59 Å². The van der Waals surface area contributed by atoms with E-state index in [0.29, 0.717) is 5.69 Å². The van der Waals surface area contributed by atoms with Crippen molar-refractivity contribution >= 4 is 29.2 Å². The fraction of sp³-hybridized carbons (Fsp3) is 0.333. The van der Waals surface area contributed by atoms with E-state index < -0.39 is 17.9 Å². The lowest BCUT2D eigenvalue weighted by molar-refractivity contribution is -0.144. The number of anilines is 1. The first-order chi connectivity index (χ1) is 8.45. The molecule has 0 heterocycles. The van der Waals surface area contributed by atoms with Crippen LogP contribution in [0.5, 0.6) is 0 Å². The van der Waals surface area contributed by atoms with Crippen molar-refractivity contribution in [1.82, 2.24) is 5.32 Å². The van der Waals surface area contributed by atoms with Gasteiger partial charge in [-0.25, -0.2) is 4.79 Å². The zero-order valence-electron chi connectivity index (χ0n) is 10.2. The Bertz CT molecular complexity index is 463. The second-order valence-corrected chi connectivity index (χ2v) is 4.09. The summed E-state index contributed by atoms with van der Waals surface area (Å²) in [4.78, 5) is 23.2. The first kappa shape index (κ1) is 14.3. The summed E-state index contributed by atoms with van der Waals surface area (Å²) in [5.74, 6) is -0.932. The molecule has 0 fully saturated rings. The largest absolute Gasteiger partial charge is 0.464 e. The van der Waals surface area contributed by atoms with Gasteiger partial charge in [0.05, 0.1) is 17.2 Å². The van der Waals surface area contributed by atoms with Crippen molar-refractivity contribution in [2.24, 2.45) is 0 Å². The SMILES string of the molecule is CCOC(=O)C(C)NC(=O)c1ccc(N)cc1Cl. The van der Waals surface area contributed by atoms with Crippen molar-refractivity contribution in [3.05, 3.63) is 28.8 Å². The van der Waals surface area contributed by atoms with Gasteiger partial charge in [0.2, 0.25) is 0 Å². The molecule has 1 unspecified atom stereocenters. The van der Waals surface area contributed by atoms with Crippen LogP contribution in [-0.2, 0) is 9.53 Å². The van der Waals surface area contributed by atoms with E-state index in [4.69, 9.17) is 22.1 Å². The smallest absolute Gasteiger partial charge is 0.328 e. The summed E-state index contributed by atoms with van der Waals surface area (Å²) in [6.07, 6.45) is 0. The molecule has 1 amide bonds. The topological polar surface area (TPSA) is 81.4 Å². The number of carbonyl (C=O) groups is 2. The van der Waals surface area contributed by atoms with Gasteiger partial charge in [0.1, 0.15) is 6.04 Å². The number of rotatable bonds is 4. The van der Waals surface area contributed by atoms with Gasteiger partial charge in [0.25, 0.3) is 5.91 Å². The number of nitrogens with one attached hydrogen (secondary N) is 1. The van der Waals surface area contributed by atoms with Crippen molar-refractivity contribution in [3.8, 4) is 0 Å². The predicted molar refractivity (Wildman–Crippen MR) is 69.4 cm³/mol. The molecule has 5 nitrogen and oxygen atoms in total. The second kappa shape index (κ2) is 6.26. The standard InChI is InChI=1S/C12H15ClN2O3/c1-3-18-12(17)7(2)15-11(16)9-5-4-8(14)6-10(9)13/h4-7H,3,14H2,1-2H3,(H,15,16). The van der Waals surface area contributed by atoms with Gasteiger partial charge in [-0.3, -0.25) is 4.79 Å². The van der Waals surface area contributed by atoms with Crippen LogP contribution in [0.2, 0.25) is 5.02 Å². The number of ether oxygens (including phenoxy) is 1. The molecule has 0 radical (unpaired) electrons. The second-order valence-electron chi connectivity index (χ2n) is 3.69. The quantitative estimate of drug-likeness (QED) is 0.643. The van der Waals surface area contributed by atoms with Gasteiger partial charge in [-0.15, -0.1) is 0 Å². The van der Waals surface area contributed by atoms with Crippen LogP contribution in [0.15, 0.2) is 18.2 Å². The summed E-state index contributed by atoms with van der Waals surface area (Å²) in [6.45, 7) is 3.51. The highest BCUT2D eigenvalue weighted by Gasteiger charge is 2.18. The number of nitrogen functional groups attached to an aromatic ring is 1. The maximum absolute atomic E-state index is 11.9. The molecule has 3 N–H and O–H groups in total. The molecule has 1 atom stereocenters. The van der Waals surface area contributed by atoms with Crippen molar-refractivity contribution in [1.29, 1.82) is 0 Å². The molecule has 18 heavy (non-hydrogen) atoms. The molecular formula is C12H15ClN2O3. The number of esters is 1. The van der Waals surface area contributed by atoms with Crippen LogP contribution in [0.3, 0.4) is 0 Å². The zero-order valence-corrected chi connectivity index (χ0v) is 11.0. The van der Waals surface area contributed by atoms with E-state index in [1.54, 1.807) is 19.9 Å². The fourth-order valence-electron chi connectivity index (χ4n) is 1.32. The van der Waals surface area contributed by atoms with Gasteiger partial charge >= 0.3 is 5.97 Å². The van der Waals surface area contributed by atoms with Gasteiger partial charge in [-0.2, -0.15) is 0 Å². The molecule has 6 heteroatoms. The lowest BCUT2D eigenvalue weighted by Crippen LogP contribution is -2.39. The molecule has 0 aliphatic rings. The monoisotopic (exact) mass is 270 g/mol. The Balaban J connectivity index is 2.73. The summed E-state index contributed by atoms with van der Waals surface area (Å²) in [6, 6.07) is 3.82. The average molecular weight is 271 g/mol. The van der Waals surface area contributed by atoms with Gasteiger partial charge in [-0.05, 0) is 32.0 Å². The van der Waals surface area contributed by atoms with Gasteiger partial charge in [0.15, 0.2) is 0 Å². The zero-order chi connectivity index (χ0) is 13.7. The molecule has 0 aromatic heterocycles. The maximum atomic E-state index is 11.9. The predicted octanol–water partition coefficient (Wildman–Crippen LogP) is 1.60. The van der Waals surface area contributed by atoms with E-state index in [0.717, 1.165) is 0 Å². The Morgan fingerprint density at radius 2 is 2.17 bits per heavy atom. The normalized spacial score (nSPS) is 11.7. The summed E-state index contributed by atoms with van der Waals surface area (Å²) >= 11 is 5.89. The summed E-state index contributed by atoms with van der Waals surface area (Å²) in [5, 5.41) is 2.74. The van der Waals surface area contributed by atoms with Gasteiger partial charge in [0, 0.05) is 5.69 Å². The fourth-order valence-corrected chi connectivity index (χ4v) is 1.59. The minimum Gasteiger partial charge on any atom is -0.464 e. The van der Waals surface area contributed by atoms with Crippen molar-refractivity contribution in [3.63, 3.8) is 0 Å². The highest BCUT2D eigenvalue weighted by Crippen LogP contribution is 2.19. The minimum absolute atomic E-state index is 0.239. The molecule has 0 aliphatic heterocycles. The lowest BCUT2D eigenvalue weighted by Gasteiger charge is -2.13. The average Bonchev–Trinajstić information content (AvgIpc) is 2.28. The molecule has 0 saturated carbocycles. The van der Waals surface area contributed by atoms with Crippen molar-refractivity contribution in [2.75, 3.05) is 12.3 Å². The molecule has 1 aromatic rings. The number of benzene rings is 1. The molecule has 0 aliphatic carbocycles. The summed E-state index contributed by atoms with van der Waals surface area (Å²) in [7, 11) is 0. The highest BCUT2D eigenvalue weighted by atomic mass is 35.5. The molecular weight excluding hydrogens is 256 g/mol. The molecule has 0 saturated heterocycles. The first-order valence-corrected chi connectivity index (χ1v) is 5.86. The summed E-state index contributed by atoms with van der Waals surface area (Å²) < 4.78 is 4.78. The van der Waals surface area contributed by atoms with Crippen molar-refractivity contribution < 1.29 is 14.3 Å². The number of halogens is 1. The van der Waals surface area contributed by atoms with E-state index >= 15 is 0 Å². The number of amides is 1. The van der Waals surface area contributed by atoms with E-state index in [1.807, 2.05) is 0 Å². The Morgan fingerprint density at radius 1 is 1.50 bits per heavy atom. The highest BCUT2D eigenvalue weighted by molar-refractivity contribution is 6.34. The third kappa shape index (κ3) is 3.63. The Labute approximate surface area is 110 Å². The van der Waals surface area contributed by atoms with E-state index in [1.165, 1.54) is 12.1 Å². The van der Waals surface area contributed by atoms with Crippen LogP contribution in [0.1, 0.15) is 24.2 Å². The first-order valence-electron chi connectivity index (χ1n) is 5.48. The van der Waals surface area contributed by atoms with Crippen LogP contribution in [0.25, 0.3) is 0 Å². The lowest BCUT2D eigenvalue weighted by atomic mass is 10.2. The Kier molecular flexibility index (Phi) is 4.97.